The van der Waals surface area contributed by atoms with Crippen molar-refractivity contribution < 1.29 is 14.4 Å². The molecule has 4 atom stereocenters. The Morgan fingerprint density at radius 1 is 0.974 bits per heavy atom. The summed E-state index contributed by atoms with van der Waals surface area (Å²) in [4.78, 5) is 45.9. The maximum atomic E-state index is 14.7. The van der Waals surface area contributed by atoms with Crippen molar-refractivity contribution in [3.63, 3.8) is 0 Å². The summed E-state index contributed by atoms with van der Waals surface area (Å²) in [6.07, 6.45) is 3.90. The third-order valence-electron chi connectivity index (χ3n) is 8.25. The fourth-order valence-electron chi connectivity index (χ4n) is 6.61. The van der Waals surface area contributed by atoms with Crippen LogP contribution >= 0.6 is 22.9 Å². The first-order chi connectivity index (χ1) is 18.9. The molecule has 1 fully saturated rings. The highest BCUT2D eigenvalue weighted by molar-refractivity contribution is 7.12. The minimum absolute atomic E-state index is 0.175. The largest absolute Gasteiger partial charge is 0.352 e. The average molecular weight is 551 g/mol. The lowest BCUT2D eigenvalue weighted by atomic mass is 9.64. The standard InChI is InChI=1S/C32H23ClN2O3S/c1-18-8-10-19(11-9-18)29(36)27-28(30(37)25-7-4-16-39-25)35-24-14-13-21(33)17-20(24)12-15-26(35)32(27)22-5-2-3-6-23(22)34-31(32)38/h2-17,26-28H,1H3,(H,34,38)/t26-,27+,28-,32+/m1/s1. The number of nitrogens with one attached hydrogen (secondary N) is 1. The van der Waals surface area contributed by atoms with Crippen molar-refractivity contribution in [1.29, 1.82) is 0 Å². The number of amides is 1. The molecular formula is C32H23ClN2O3S. The van der Waals surface area contributed by atoms with Gasteiger partial charge in [0.15, 0.2) is 11.6 Å². The van der Waals surface area contributed by atoms with E-state index in [1.165, 1.54) is 11.3 Å². The number of hydrogen-bond acceptors (Lipinski definition) is 5. The van der Waals surface area contributed by atoms with Crippen LogP contribution in [0.25, 0.3) is 6.08 Å². The Kier molecular flexibility index (Phi) is 5.41. The molecule has 39 heavy (non-hydrogen) atoms. The van der Waals surface area contributed by atoms with Gasteiger partial charge in [0.25, 0.3) is 0 Å². The second-order valence-corrected chi connectivity index (χ2v) is 11.7. The quantitative estimate of drug-likeness (QED) is 0.292. The van der Waals surface area contributed by atoms with Crippen LogP contribution < -0.4 is 10.2 Å². The maximum Gasteiger partial charge on any atom is 0.238 e. The summed E-state index contributed by atoms with van der Waals surface area (Å²) in [7, 11) is 0. The zero-order valence-electron chi connectivity index (χ0n) is 20.9. The summed E-state index contributed by atoms with van der Waals surface area (Å²) in [5.41, 5.74) is 3.21. The summed E-state index contributed by atoms with van der Waals surface area (Å²) < 4.78 is 0. The molecule has 5 nitrogen and oxygen atoms in total. The molecule has 0 aliphatic carbocycles. The van der Waals surface area contributed by atoms with Gasteiger partial charge in [-0.05, 0) is 53.8 Å². The molecular weight excluding hydrogens is 528 g/mol. The molecule has 4 aromatic rings. The molecule has 7 rings (SSSR count). The third-order valence-corrected chi connectivity index (χ3v) is 9.37. The van der Waals surface area contributed by atoms with Crippen molar-refractivity contribution in [3.05, 3.63) is 122 Å². The molecule has 0 saturated carbocycles. The van der Waals surface area contributed by atoms with Crippen LogP contribution in [0.1, 0.15) is 36.7 Å². The number of ketones is 2. The number of aryl methyl sites for hydroxylation is 1. The number of nitrogens with zero attached hydrogens (tertiary/aromatic N) is 1. The number of thiophene rings is 1. The molecule has 4 heterocycles. The van der Waals surface area contributed by atoms with Crippen molar-refractivity contribution in [2.24, 2.45) is 5.92 Å². The molecule has 0 unspecified atom stereocenters. The van der Waals surface area contributed by atoms with Gasteiger partial charge in [0, 0.05) is 22.0 Å². The molecule has 3 aliphatic heterocycles. The number of para-hydroxylation sites is 1. The topological polar surface area (TPSA) is 66.5 Å². The monoisotopic (exact) mass is 550 g/mol. The van der Waals surface area contributed by atoms with Gasteiger partial charge in [-0.3, -0.25) is 14.4 Å². The van der Waals surface area contributed by atoms with Crippen LogP contribution in [0, 0.1) is 12.8 Å². The van der Waals surface area contributed by atoms with Gasteiger partial charge in [-0.25, -0.2) is 0 Å². The van der Waals surface area contributed by atoms with E-state index < -0.39 is 23.4 Å². The number of fused-ring (bicyclic) bond motifs is 6. The van der Waals surface area contributed by atoms with Gasteiger partial charge in [-0.15, -0.1) is 11.3 Å². The molecule has 3 aromatic carbocycles. The van der Waals surface area contributed by atoms with Crippen molar-refractivity contribution in [2.75, 3.05) is 10.2 Å². The van der Waals surface area contributed by atoms with Gasteiger partial charge in [-0.1, -0.05) is 77.8 Å². The first-order valence-electron chi connectivity index (χ1n) is 12.8. The Bertz CT molecular complexity index is 1690. The number of carbonyl (C=O) groups is 3. The molecule has 1 saturated heterocycles. The molecule has 1 N–H and O–H groups in total. The Hall–Kier alpha value is -4.00. The summed E-state index contributed by atoms with van der Waals surface area (Å²) in [5, 5.41) is 5.48. The Labute approximate surface area is 234 Å². The van der Waals surface area contributed by atoms with Crippen LogP contribution in [0.4, 0.5) is 11.4 Å². The molecule has 1 amide bonds. The van der Waals surface area contributed by atoms with E-state index in [1.54, 1.807) is 24.3 Å². The summed E-state index contributed by atoms with van der Waals surface area (Å²) in [6.45, 7) is 1.96. The lowest BCUT2D eigenvalue weighted by Gasteiger charge is -2.37. The summed E-state index contributed by atoms with van der Waals surface area (Å²) in [6, 6.07) is 22.5. The second-order valence-electron chi connectivity index (χ2n) is 10.3. The van der Waals surface area contributed by atoms with Crippen molar-refractivity contribution in [3.8, 4) is 0 Å². The molecule has 192 valence electrons. The predicted octanol–water partition coefficient (Wildman–Crippen LogP) is 6.57. The van der Waals surface area contributed by atoms with Crippen LogP contribution in [-0.4, -0.2) is 29.6 Å². The number of carbonyl (C=O) groups excluding carboxylic acids is 3. The Morgan fingerprint density at radius 3 is 2.54 bits per heavy atom. The Balaban J connectivity index is 1.54. The van der Waals surface area contributed by atoms with Crippen LogP contribution in [0.3, 0.4) is 0 Å². The minimum Gasteiger partial charge on any atom is -0.352 e. The number of rotatable bonds is 4. The van der Waals surface area contributed by atoms with Gasteiger partial charge in [0.05, 0.1) is 16.8 Å². The third kappa shape index (κ3) is 3.35. The van der Waals surface area contributed by atoms with Gasteiger partial charge in [0.1, 0.15) is 11.5 Å². The van der Waals surface area contributed by atoms with Gasteiger partial charge in [-0.2, -0.15) is 0 Å². The number of benzene rings is 3. The minimum atomic E-state index is -1.32. The molecule has 0 bridgehead atoms. The maximum absolute atomic E-state index is 14.7. The second kappa shape index (κ2) is 8.76. The highest BCUT2D eigenvalue weighted by atomic mass is 35.5. The fraction of sp³-hybridized carbons (Fsp3) is 0.156. The van der Waals surface area contributed by atoms with E-state index in [0.29, 0.717) is 21.2 Å². The van der Waals surface area contributed by atoms with E-state index in [4.69, 9.17) is 11.6 Å². The predicted molar refractivity (Wildman–Crippen MR) is 155 cm³/mol. The Morgan fingerprint density at radius 2 is 1.77 bits per heavy atom. The average Bonchev–Trinajstić information content (AvgIpc) is 3.65. The van der Waals surface area contributed by atoms with E-state index in [-0.39, 0.29) is 17.5 Å². The summed E-state index contributed by atoms with van der Waals surface area (Å²) >= 11 is 7.69. The van der Waals surface area contributed by atoms with Crippen molar-refractivity contribution in [1.82, 2.24) is 0 Å². The van der Waals surface area contributed by atoms with Crippen LogP contribution in [0.2, 0.25) is 5.02 Å². The van der Waals surface area contributed by atoms with Crippen molar-refractivity contribution >= 4 is 57.9 Å². The van der Waals surface area contributed by atoms with Gasteiger partial charge < -0.3 is 10.2 Å². The first-order valence-corrected chi connectivity index (χ1v) is 14.0. The van der Waals surface area contributed by atoms with Crippen LogP contribution in [-0.2, 0) is 10.2 Å². The number of Topliss-reactive ketones (excluding diaryl/α,β-unsaturated/α-hetero) is 2. The summed E-state index contributed by atoms with van der Waals surface area (Å²) in [5.74, 6) is -1.65. The van der Waals surface area contributed by atoms with E-state index in [0.717, 1.165) is 22.4 Å². The number of hydrogen-bond donors (Lipinski definition) is 1. The molecule has 7 heteroatoms. The molecule has 1 aromatic heterocycles. The lowest BCUT2D eigenvalue weighted by Crippen LogP contribution is -2.51. The van der Waals surface area contributed by atoms with E-state index >= 15 is 0 Å². The number of anilines is 2. The van der Waals surface area contributed by atoms with Crippen LogP contribution in [0.15, 0.2) is 90.3 Å². The lowest BCUT2D eigenvalue weighted by molar-refractivity contribution is -0.121. The van der Waals surface area contributed by atoms with Crippen molar-refractivity contribution in [2.45, 2.75) is 24.4 Å². The molecule has 0 radical (unpaired) electrons. The first kappa shape index (κ1) is 24.1. The van der Waals surface area contributed by atoms with E-state index in [1.807, 2.05) is 84.0 Å². The fourth-order valence-corrected chi connectivity index (χ4v) is 7.49. The van der Waals surface area contributed by atoms with Crippen LogP contribution in [0.5, 0.6) is 0 Å². The zero-order chi connectivity index (χ0) is 26.9. The number of halogens is 1. The highest BCUT2D eigenvalue weighted by Gasteiger charge is 2.70. The molecule has 1 spiro atoms. The highest BCUT2D eigenvalue weighted by Crippen LogP contribution is 2.58. The van der Waals surface area contributed by atoms with Gasteiger partial charge >= 0.3 is 0 Å². The smallest absolute Gasteiger partial charge is 0.238 e. The normalized spacial score (nSPS) is 24.3. The SMILES string of the molecule is Cc1ccc(C(=O)[C@@H]2[C@H](C(=O)c3cccs3)N3c4ccc(Cl)cc4C=C[C@@H]3[C@]23C(=O)Nc2ccccc23)cc1. The van der Waals surface area contributed by atoms with Gasteiger partial charge in [0.2, 0.25) is 5.91 Å². The molecule has 3 aliphatic rings. The van der Waals surface area contributed by atoms with E-state index in [9.17, 15) is 14.4 Å². The zero-order valence-corrected chi connectivity index (χ0v) is 22.5. The van der Waals surface area contributed by atoms with E-state index in [2.05, 4.69) is 5.32 Å².